The first kappa shape index (κ1) is 49.4. The van der Waals surface area contributed by atoms with Gasteiger partial charge < -0.3 is 18.9 Å². The zero-order valence-electron chi connectivity index (χ0n) is 30.0. The summed E-state index contributed by atoms with van der Waals surface area (Å²) in [7, 11) is 0. The lowest BCUT2D eigenvalue weighted by Gasteiger charge is -2.06. The Bertz CT molecular complexity index is 823. The third-order valence-corrected chi connectivity index (χ3v) is 5.28. The van der Waals surface area contributed by atoms with E-state index in [1.54, 1.807) is 41.5 Å². The quantitative estimate of drug-likeness (QED) is 0.0711. The van der Waals surface area contributed by atoms with Gasteiger partial charge in [0, 0.05) is 38.5 Å². The maximum atomic E-state index is 11.1. The van der Waals surface area contributed by atoms with Crippen molar-refractivity contribution in [2.45, 2.75) is 159 Å². The van der Waals surface area contributed by atoms with Crippen molar-refractivity contribution in [1.29, 1.82) is 0 Å². The van der Waals surface area contributed by atoms with Crippen molar-refractivity contribution in [3.05, 3.63) is 0 Å². The first-order valence-electron chi connectivity index (χ1n) is 16.5. The minimum atomic E-state index is -0.457. The van der Waals surface area contributed by atoms with Gasteiger partial charge in [-0.3, -0.25) is 38.4 Å². The maximum absolute atomic E-state index is 11.1. The smallest absolute Gasteiger partial charge is 0.316 e. The van der Waals surface area contributed by atoms with E-state index in [4.69, 9.17) is 0 Å². The number of unbranched alkanes of at least 4 members (excludes halogenated alkanes) is 4. The lowest BCUT2D eigenvalue weighted by atomic mass is 10.2. The molecular formula is C34H60O12. The van der Waals surface area contributed by atoms with E-state index in [1.165, 1.54) is 0 Å². The standard InChI is InChI=1S/C12H22O3.2C8H14O3.C6H10O3/c1-3-5-7-9-11(13)15-12(14)10-8-6-4-2;1-5(2)7(9)11-8(10)6(3)4;1-3-5-7(9)11-8(10)6-4-2;1-3-5(7)9-6(8)4-2/h3-10H2,1-2H3;5-6H,1-4H3;3-6H2,1-2H3;3-4H2,1-2H3. The van der Waals surface area contributed by atoms with E-state index in [2.05, 4.69) is 32.8 Å². The molecule has 0 aromatic rings. The van der Waals surface area contributed by atoms with E-state index >= 15 is 0 Å². The molecule has 0 saturated carbocycles. The lowest BCUT2D eigenvalue weighted by molar-refractivity contribution is -0.165. The van der Waals surface area contributed by atoms with E-state index in [0.29, 0.717) is 25.7 Å². The third kappa shape index (κ3) is 38.6. The van der Waals surface area contributed by atoms with Crippen LogP contribution in [-0.2, 0) is 57.3 Å². The molecule has 12 nitrogen and oxygen atoms in total. The summed E-state index contributed by atoms with van der Waals surface area (Å²) in [5.74, 6) is -3.86. The maximum Gasteiger partial charge on any atom is 0.316 e. The molecule has 0 aliphatic rings. The lowest BCUT2D eigenvalue weighted by Crippen LogP contribution is -2.20. The average Bonchev–Trinajstić information content (AvgIpc) is 2.98. The molecule has 0 rings (SSSR count). The predicted molar refractivity (Wildman–Crippen MR) is 173 cm³/mol. The Morgan fingerprint density at radius 1 is 0.370 bits per heavy atom. The minimum Gasteiger partial charge on any atom is -0.393 e. The Hall–Kier alpha value is -3.44. The van der Waals surface area contributed by atoms with Gasteiger partial charge in [-0.2, -0.15) is 0 Å². The minimum absolute atomic E-state index is 0.238. The molecule has 12 heteroatoms. The van der Waals surface area contributed by atoms with Crippen molar-refractivity contribution in [2.75, 3.05) is 0 Å². The van der Waals surface area contributed by atoms with E-state index < -0.39 is 35.8 Å². The van der Waals surface area contributed by atoms with E-state index in [0.717, 1.165) is 51.4 Å². The molecule has 0 unspecified atom stereocenters. The molecule has 0 aromatic carbocycles. The molecule has 0 atom stereocenters. The molecule has 0 amide bonds. The Balaban J connectivity index is -0.000000260. The van der Waals surface area contributed by atoms with Gasteiger partial charge in [0.1, 0.15) is 0 Å². The average molecular weight is 661 g/mol. The summed E-state index contributed by atoms with van der Waals surface area (Å²) < 4.78 is 17.9. The molecule has 0 heterocycles. The molecule has 0 aromatic heterocycles. The molecule has 46 heavy (non-hydrogen) atoms. The highest BCUT2D eigenvalue weighted by molar-refractivity contribution is 5.87. The Labute approximate surface area is 276 Å². The van der Waals surface area contributed by atoms with Gasteiger partial charge in [0.15, 0.2) is 0 Å². The number of hydrogen-bond acceptors (Lipinski definition) is 12. The summed E-state index contributed by atoms with van der Waals surface area (Å²) in [5, 5.41) is 0. The molecule has 0 aliphatic carbocycles. The number of ether oxygens (including phenoxy) is 4. The van der Waals surface area contributed by atoms with Crippen LogP contribution in [-0.4, -0.2) is 47.8 Å². The number of carbonyl (C=O) groups is 8. The molecule has 0 spiro atoms. The van der Waals surface area contributed by atoms with Crippen LogP contribution in [0.15, 0.2) is 0 Å². The summed E-state index contributed by atoms with van der Waals surface area (Å²) >= 11 is 0. The molecule has 0 radical (unpaired) electrons. The summed E-state index contributed by atoms with van der Waals surface area (Å²) in [6.45, 7) is 17.9. The van der Waals surface area contributed by atoms with Crippen LogP contribution in [0.3, 0.4) is 0 Å². The normalized spacial score (nSPS) is 9.65. The predicted octanol–water partition coefficient (Wildman–Crippen LogP) is 7.12. The van der Waals surface area contributed by atoms with Crippen molar-refractivity contribution >= 4 is 47.8 Å². The van der Waals surface area contributed by atoms with Gasteiger partial charge in [-0.15, -0.1) is 0 Å². The van der Waals surface area contributed by atoms with Crippen LogP contribution in [0.5, 0.6) is 0 Å². The first-order chi connectivity index (χ1) is 21.6. The third-order valence-electron chi connectivity index (χ3n) is 5.28. The van der Waals surface area contributed by atoms with Crippen molar-refractivity contribution in [3.63, 3.8) is 0 Å². The summed E-state index contributed by atoms with van der Waals surface area (Å²) in [6.07, 6.45) is 9.14. The first-order valence-corrected chi connectivity index (χ1v) is 16.5. The summed E-state index contributed by atoms with van der Waals surface area (Å²) in [6, 6.07) is 0. The highest BCUT2D eigenvalue weighted by Gasteiger charge is 2.16. The zero-order chi connectivity index (χ0) is 36.5. The highest BCUT2D eigenvalue weighted by atomic mass is 16.6. The summed E-state index contributed by atoms with van der Waals surface area (Å²) in [5.41, 5.74) is 0. The van der Waals surface area contributed by atoms with Crippen molar-refractivity contribution in [1.82, 2.24) is 0 Å². The Morgan fingerprint density at radius 3 is 0.891 bits per heavy atom. The van der Waals surface area contributed by atoms with Crippen LogP contribution in [0.1, 0.15) is 159 Å². The SMILES string of the molecule is CC(C)C(=O)OC(=O)C(C)C.CCC(=O)OC(=O)CC.CCCC(=O)OC(=O)CCC.CCCCCC(=O)OC(=O)CCCCC. The van der Waals surface area contributed by atoms with E-state index in [9.17, 15) is 38.4 Å². The van der Waals surface area contributed by atoms with E-state index in [1.807, 2.05) is 13.8 Å². The fourth-order valence-electron chi connectivity index (χ4n) is 2.51. The van der Waals surface area contributed by atoms with Gasteiger partial charge in [-0.1, -0.05) is 94.9 Å². The van der Waals surface area contributed by atoms with Gasteiger partial charge >= 0.3 is 47.8 Å². The van der Waals surface area contributed by atoms with Gasteiger partial charge in [0.05, 0.1) is 11.8 Å². The number of rotatable bonds is 16. The van der Waals surface area contributed by atoms with E-state index in [-0.39, 0.29) is 36.6 Å². The Morgan fingerprint density at radius 2 is 0.652 bits per heavy atom. The van der Waals surface area contributed by atoms with Gasteiger partial charge in [-0.25, -0.2) is 0 Å². The highest BCUT2D eigenvalue weighted by Crippen LogP contribution is 2.04. The second kappa shape index (κ2) is 34.4. The van der Waals surface area contributed by atoms with Crippen LogP contribution in [0.25, 0.3) is 0 Å². The number of carbonyl (C=O) groups excluding carboxylic acids is 8. The van der Waals surface area contributed by atoms with Gasteiger partial charge in [-0.05, 0) is 25.7 Å². The van der Waals surface area contributed by atoms with Crippen LogP contribution in [0.4, 0.5) is 0 Å². The summed E-state index contributed by atoms with van der Waals surface area (Å²) in [4.78, 5) is 85.9. The molecule has 0 saturated heterocycles. The van der Waals surface area contributed by atoms with Gasteiger partial charge in [0.25, 0.3) is 0 Å². The van der Waals surface area contributed by atoms with Crippen molar-refractivity contribution < 1.29 is 57.3 Å². The molecule has 0 N–H and O–H groups in total. The topological polar surface area (TPSA) is 173 Å². The second-order valence-corrected chi connectivity index (χ2v) is 10.7. The molecular weight excluding hydrogens is 600 g/mol. The number of hydrogen-bond donors (Lipinski definition) is 0. The van der Waals surface area contributed by atoms with Crippen molar-refractivity contribution in [3.8, 4) is 0 Å². The van der Waals surface area contributed by atoms with Gasteiger partial charge in [0.2, 0.25) is 0 Å². The van der Waals surface area contributed by atoms with Crippen LogP contribution < -0.4 is 0 Å². The fraction of sp³-hybridized carbons (Fsp3) is 0.765. The molecule has 0 bridgehead atoms. The zero-order valence-corrected chi connectivity index (χ0v) is 30.0. The monoisotopic (exact) mass is 660 g/mol. The van der Waals surface area contributed by atoms with Crippen LogP contribution in [0.2, 0.25) is 0 Å². The molecule has 268 valence electrons. The largest absolute Gasteiger partial charge is 0.393 e. The number of esters is 8. The Kier molecular flexibility index (Phi) is 37.0. The second-order valence-electron chi connectivity index (χ2n) is 10.7. The molecule has 0 aliphatic heterocycles. The fourth-order valence-corrected chi connectivity index (χ4v) is 2.51. The van der Waals surface area contributed by atoms with Crippen LogP contribution in [0, 0.1) is 11.8 Å². The van der Waals surface area contributed by atoms with Crippen LogP contribution >= 0.6 is 0 Å². The van der Waals surface area contributed by atoms with Crippen molar-refractivity contribution in [2.24, 2.45) is 11.8 Å². The molecule has 0 fully saturated rings.